The average Bonchev–Trinajstić information content (AvgIpc) is 2.18. The highest BCUT2D eigenvalue weighted by Gasteiger charge is 2.14. The summed E-state index contributed by atoms with van der Waals surface area (Å²) in [6, 6.07) is 2.06. The summed E-state index contributed by atoms with van der Waals surface area (Å²) >= 11 is 0. The van der Waals surface area contributed by atoms with Gasteiger partial charge in [0.15, 0.2) is 0 Å². The lowest BCUT2D eigenvalue weighted by atomic mass is 9.92. The van der Waals surface area contributed by atoms with Gasteiger partial charge in [-0.15, -0.1) is 0 Å². The lowest BCUT2D eigenvalue weighted by molar-refractivity contribution is -0.114. The predicted molar refractivity (Wildman–Crippen MR) is 55.2 cm³/mol. The molecule has 0 aromatic carbocycles. The highest BCUT2D eigenvalue weighted by molar-refractivity contribution is 5.88. The van der Waals surface area contributed by atoms with Gasteiger partial charge in [0.1, 0.15) is 5.82 Å². The second-order valence-corrected chi connectivity index (χ2v) is 3.69. The van der Waals surface area contributed by atoms with Crippen LogP contribution >= 0.6 is 0 Å². The molecule has 2 rings (SSSR count). The number of amides is 1. The molecule has 0 bridgehead atoms. The summed E-state index contributed by atoms with van der Waals surface area (Å²) in [6.45, 7) is 1.52. The van der Waals surface area contributed by atoms with Crippen LogP contribution in [0.2, 0.25) is 0 Å². The molecule has 0 radical (unpaired) electrons. The number of aryl methyl sites for hydroxylation is 1. The van der Waals surface area contributed by atoms with E-state index in [2.05, 4.69) is 16.4 Å². The van der Waals surface area contributed by atoms with Gasteiger partial charge in [-0.3, -0.25) is 4.79 Å². The van der Waals surface area contributed by atoms with Gasteiger partial charge < -0.3 is 5.32 Å². The van der Waals surface area contributed by atoms with Crippen molar-refractivity contribution in [2.24, 2.45) is 0 Å². The third-order valence-electron chi connectivity index (χ3n) is 2.57. The summed E-state index contributed by atoms with van der Waals surface area (Å²) in [5.41, 5.74) is 2.57. The molecule has 0 spiro atoms. The molecule has 3 nitrogen and oxygen atoms in total. The van der Waals surface area contributed by atoms with Crippen molar-refractivity contribution in [3.05, 3.63) is 23.4 Å². The maximum absolute atomic E-state index is 10.9. The van der Waals surface area contributed by atoms with Gasteiger partial charge in [-0.05, 0) is 42.9 Å². The minimum Gasteiger partial charge on any atom is -0.311 e. The molecule has 0 aliphatic heterocycles. The molecule has 1 aliphatic rings. The fourth-order valence-electron chi connectivity index (χ4n) is 1.94. The van der Waals surface area contributed by atoms with Crippen molar-refractivity contribution >= 4 is 11.7 Å². The van der Waals surface area contributed by atoms with Crippen LogP contribution in [0.5, 0.6) is 0 Å². The van der Waals surface area contributed by atoms with Gasteiger partial charge in [-0.25, -0.2) is 4.98 Å². The van der Waals surface area contributed by atoms with Gasteiger partial charge in [0.25, 0.3) is 0 Å². The Morgan fingerprint density at radius 1 is 1.43 bits per heavy atom. The summed E-state index contributed by atoms with van der Waals surface area (Å²) in [4.78, 5) is 15.1. The Labute approximate surface area is 83.5 Å². The Morgan fingerprint density at radius 3 is 3.00 bits per heavy atom. The number of nitrogens with zero attached hydrogens (tertiary/aromatic N) is 1. The van der Waals surface area contributed by atoms with Crippen molar-refractivity contribution in [2.75, 3.05) is 5.32 Å². The van der Waals surface area contributed by atoms with E-state index in [1.165, 1.54) is 30.9 Å². The normalized spacial score (nSPS) is 14.6. The Morgan fingerprint density at radius 2 is 2.21 bits per heavy atom. The van der Waals surface area contributed by atoms with Crippen molar-refractivity contribution in [3.63, 3.8) is 0 Å². The second kappa shape index (κ2) is 3.78. The van der Waals surface area contributed by atoms with Crippen molar-refractivity contribution < 1.29 is 4.79 Å². The standard InChI is InChI=1S/C11H14N2O/c1-8(14)13-11-10-5-3-2-4-9(10)6-7-12-11/h6-7H,2-5H2,1H3,(H,12,13,14). The maximum Gasteiger partial charge on any atom is 0.222 e. The molecule has 0 unspecified atom stereocenters. The minimum absolute atomic E-state index is 0.0449. The molecule has 0 fully saturated rings. The number of hydrogen-bond donors (Lipinski definition) is 1. The number of anilines is 1. The number of fused-ring (bicyclic) bond motifs is 1. The molecule has 0 saturated heterocycles. The molecule has 1 amide bonds. The zero-order valence-corrected chi connectivity index (χ0v) is 8.34. The molecule has 1 aliphatic carbocycles. The van der Waals surface area contributed by atoms with E-state index in [1.807, 2.05) is 0 Å². The summed E-state index contributed by atoms with van der Waals surface area (Å²) < 4.78 is 0. The second-order valence-electron chi connectivity index (χ2n) is 3.69. The van der Waals surface area contributed by atoms with Crippen LogP contribution in [0.15, 0.2) is 12.3 Å². The molecule has 1 aromatic rings. The van der Waals surface area contributed by atoms with Crippen LogP contribution in [-0.2, 0) is 17.6 Å². The number of pyridine rings is 1. The molecular formula is C11H14N2O. The van der Waals surface area contributed by atoms with Crippen LogP contribution in [0.25, 0.3) is 0 Å². The van der Waals surface area contributed by atoms with Crippen LogP contribution < -0.4 is 5.32 Å². The molecule has 1 heterocycles. The highest BCUT2D eigenvalue weighted by atomic mass is 16.1. The van der Waals surface area contributed by atoms with Crippen molar-refractivity contribution in [3.8, 4) is 0 Å². The van der Waals surface area contributed by atoms with Crippen LogP contribution in [0.3, 0.4) is 0 Å². The van der Waals surface area contributed by atoms with Crippen molar-refractivity contribution in [1.29, 1.82) is 0 Å². The van der Waals surface area contributed by atoms with Crippen molar-refractivity contribution in [2.45, 2.75) is 32.6 Å². The van der Waals surface area contributed by atoms with E-state index in [1.54, 1.807) is 6.20 Å². The van der Waals surface area contributed by atoms with Gasteiger partial charge in [0.2, 0.25) is 5.91 Å². The van der Waals surface area contributed by atoms with E-state index in [0.29, 0.717) is 0 Å². The lowest BCUT2D eigenvalue weighted by Crippen LogP contribution is -2.13. The van der Waals surface area contributed by atoms with Crippen LogP contribution in [0, 0.1) is 0 Å². The molecule has 3 heteroatoms. The summed E-state index contributed by atoms with van der Waals surface area (Å²) in [5.74, 6) is 0.714. The third-order valence-corrected chi connectivity index (χ3v) is 2.57. The van der Waals surface area contributed by atoms with Crippen LogP contribution in [0.1, 0.15) is 30.9 Å². The highest BCUT2D eigenvalue weighted by Crippen LogP contribution is 2.25. The Bertz CT molecular complexity index is 360. The first kappa shape index (κ1) is 9.19. The van der Waals surface area contributed by atoms with E-state index in [-0.39, 0.29) is 5.91 Å². The van der Waals surface area contributed by atoms with Crippen molar-refractivity contribution in [1.82, 2.24) is 4.98 Å². The smallest absolute Gasteiger partial charge is 0.222 e. The van der Waals surface area contributed by atoms with Gasteiger partial charge >= 0.3 is 0 Å². The lowest BCUT2D eigenvalue weighted by Gasteiger charge is -2.17. The van der Waals surface area contributed by atoms with Gasteiger partial charge in [0, 0.05) is 13.1 Å². The molecule has 1 aromatic heterocycles. The van der Waals surface area contributed by atoms with E-state index in [4.69, 9.17) is 0 Å². The molecule has 0 atom stereocenters. The Balaban J connectivity index is 2.35. The van der Waals surface area contributed by atoms with E-state index < -0.39 is 0 Å². The van der Waals surface area contributed by atoms with Gasteiger partial charge in [0.05, 0.1) is 0 Å². The number of hydrogen-bond acceptors (Lipinski definition) is 2. The van der Waals surface area contributed by atoms with E-state index in [0.717, 1.165) is 18.7 Å². The van der Waals surface area contributed by atoms with E-state index >= 15 is 0 Å². The molecule has 0 saturated carbocycles. The number of carbonyl (C=O) groups is 1. The topological polar surface area (TPSA) is 42.0 Å². The fraction of sp³-hybridized carbons (Fsp3) is 0.455. The fourth-order valence-corrected chi connectivity index (χ4v) is 1.94. The Kier molecular flexibility index (Phi) is 2.48. The zero-order chi connectivity index (χ0) is 9.97. The quantitative estimate of drug-likeness (QED) is 0.735. The number of rotatable bonds is 1. The first-order chi connectivity index (χ1) is 6.77. The third kappa shape index (κ3) is 1.76. The molecule has 1 N–H and O–H groups in total. The number of aromatic nitrogens is 1. The first-order valence-electron chi connectivity index (χ1n) is 5.02. The monoisotopic (exact) mass is 190 g/mol. The van der Waals surface area contributed by atoms with E-state index in [9.17, 15) is 4.79 Å². The molecule has 14 heavy (non-hydrogen) atoms. The SMILES string of the molecule is CC(=O)Nc1nccc2c1CCCC2. The summed E-state index contributed by atoms with van der Waals surface area (Å²) in [6.07, 6.45) is 6.38. The van der Waals surface area contributed by atoms with Gasteiger partial charge in [-0.1, -0.05) is 0 Å². The number of carbonyl (C=O) groups excluding carboxylic acids is 1. The average molecular weight is 190 g/mol. The first-order valence-corrected chi connectivity index (χ1v) is 5.02. The zero-order valence-electron chi connectivity index (χ0n) is 8.34. The summed E-state index contributed by atoms with van der Waals surface area (Å²) in [5, 5.41) is 2.78. The van der Waals surface area contributed by atoms with Crippen LogP contribution in [-0.4, -0.2) is 10.9 Å². The maximum atomic E-state index is 10.9. The van der Waals surface area contributed by atoms with Crippen LogP contribution in [0.4, 0.5) is 5.82 Å². The molecular weight excluding hydrogens is 176 g/mol. The van der Waals surface area contributed by atoms with Gasteiger partial charge in [-0.2, -0.15) is 0 Å². The summed E-state index contributed by atoms with van der Waals surface area (Å²) in [7, 11) is 0. The Hall–Kier alpha value is -1.38. The predicted octanol–water partition coefficient (Wildman–Crippen LogP) is 1.92. The number of nitrogens with one attached hydrogen (secondary N) is 1. The molecule has 74 valence electrons. The minimum atomic E-state index is -0.0449. The largest absolute Gasteiger partial charge is 0.311 e.